The summed E-state index contributed by atoms with van der Waals surface area (Å²) in [7, 11) is 4.08. The van der Waals surface area contributed by atoms with Gasteiger partial charge in [-0.2, -0.15) is 0 Å². The molecule has 1 aliphatic carbocycles. The third-order valence-corrected chi connectivity index (χ3v) is 9.18. The molecule has 1 N–H and O–H groups in total. The topological polar surface area (TPSA) is 40.5 Å². The zero-order valence-electron chi connectivity index (χ0n) is 21.4. The number of anilines is 2. The van der Waals surface area contributed by atoms with Gasteiger partial charge in [0.15, 0.2) is 0 Å². The Balaban J connectivity index is 1.48. The van der Waals surface area contributed by atoms with Gasteiger partial charge in [0.25, 0.3) is 0 Å². The molecule has 7 heteroatoms. The second-order valence-electron chi connectivity index (χ2n) is 10.2. The molecule has 2 aliphatic rings. The summed E-state index contributed by atoms with van der Waals surface area (Å²) in [5.41, 5.74) is 7.73. The van der Waals surface area contributed by atoms with E-state index in [4.69, 9.17) is 11.6 Å². The molecular formula is C30H31ClN4OS. The van der Waals surface area contributed by atoms with Gasteiger partial charge in [0, 0.05) is 36.4 Å². The molecule has 0 saturated carbocycles. The van der Waals surface area contributed by atoms with Crippen molar-refractivity contribution in [2.45, 2.75) is 45.2 Å². The highest BCUT2D eigenvalue weighted by atomic mass is 35.5. The second-order valence-corrected chi connectivity index (χ2v) is 11.7. The summed E-state index contributed by atoms with van der Waals surface area (Å²) in [5.74, 6) is 0. The molecule has 2 amide bonds. The molecule has 2 aromatic heterocycles. The number of urea groups is 1. The first kappa shape index (κ1) is 24.1. The van der Waals surface area contributed by atoms with Crippen LogP contribution in [-0.4, -0.2) is 29.6 Å². The number of carbonyl (C=O) groups is 1. The van der Waals surface area contributed by atoms with Crippen molar-refractivity contribution in [3.05, 3.63) is 98.6 Å². The van der Waals surface area contributed by atoms with Crippen molar-refractivity contribution >= 4 is 40.3 Å². The number of nitrogens with one attached hydrogen (secondary N) is 1. The standard InChI is InChI=1S/C30H31ClN4OS/c1-19-10-15-25(24(31)17-19)32-30(36)35-18-23-22-7-4-5-9-27(22)37-29(23)34-16-6-8-26(34)28(35)20-11-13-21(14-12-20)33(2)3/h6,8,10-17,28H,4-5,7,9,18H2,1-3H3,(H,32,36)/t28-/m0/s1. The molecule has 5 nitrogen and oxygen atoms in total. The lowest BCUT2D eigenvalue weighted by atomic mass is 9.95. The van der Waals surface area contributed by atoms with E-state index in [-0.39, 0.29) is 12.1 Å². The maximum Gasteiger partial charge on any atom is 0.323 e. The Morgan fingerprint density at radius 3 is 2.59 bits per heavy atom. The largest absolute Gasteiger partial charge is 0.378 e. The van der Waals surface area contributed by atoms with Crippen LogP contribution < -0.4 is 10.2 Å². The number of amides is 2. The van der Waals surface area contributed by atoms with Crippen LogP contribution >= 0.6 is 22.9 Å². The zero-order valence-corrected chi connectivity index (χ0v) is 23.0. The van der Waals surface area contributed by atoms with Gasteiger partial charge < -0.3 is 19.7 Å². The third-order valence-electron chi connectivity index (χ3n) is 7.53. The molecule has 6 rings (SSSR count). The number of carbonyl (C=O) groups excluding carboxylic acids is 1. The average Bonchev–Trinajstić information content (AvgIpc) is 3.47. The van der Waals surface area contributed by atoms with Crippen molar-refractivity contribution in [1.82, 2.24) is 9.47 Å². The van der Waals surface area contributed by atoms with Gasteiger partial charge in [-0.1, -0.05) is 29.8 Å². The third kappa shape index (κ3) is 4.32. The number of hydrogen-bond donors (Lipinski definition) is 1. The number of thiophene rings is 1. The predicted octanol–water partition coefficient (Wildman–Crippen LogP) is 7.58. The van der Waals surface area contributed by atoms with Crippen molar-refractivity contribution in [1.29, 1.82) is 0 Å². The van der Waals surface area contributed by atoms with Crippen LogP contribution in [0.25, 0.3) is 5.00 Å². The fraction of sp³-hybridized carbons (Fsp3) is 0.300. The van der Waals surface area contributed by atoms with E-state index in [0.29, 0.717) is 17.3 Å². The van der Waals surface area contributed by atoms with E-state index in [1.807, 2.05) is 55.5 Å². The predicted molar refractivity (Wildman–Crippen MR) is 154 cm³/mol. The van der Waals surface area contributed by atoms with E-state index in [1.54, 1.807) is 0 Å². The fourth-order valence-electron chi connectivity index (χ4n) is 5.60. The Kier molecular flexibility index (Phi) is 6.25. The van der Waals surface area contributed by atoms with Crippen LogP contribution in [0, 0.1) is 6.92 Å². The second kappa shape index (κ2) is 9.58. The molecule has 0 spiro atoms. The highest BCUT2D eigenvalue weighted by molar-refractivity contribution is 7.15. The summed E-state index contributed by atoms with van der Waals surface area (Å²) in [4.78, 5) is 19.6. The molecule has 3 heterocycles. The molecule has 0 saturated heterocycles. The molecule has 1 aliphatic heterocycles. The van der Waals surface area contributed by atoms with Crippen LogP contribution in [0.2, 0.25) is 5.02 Å². The van der Waals surface area contributed by atoms with E-state index in [0.717, 1.165) is 35.3 Å². The molecular weight excluding hydrogens is 500 g/mol. The quantitative estimate of drug-likeness (QED) is 0.296. The molecule has 1 atom stereocenters. The highest BCUT2D eigenvalue weighted by Gasteiger charge is 2.36. The summed E-state index contributed by atoms with van der Waals surface area (Å²) in [5, 5.41) is 4.93. The van der Waals surface area contributed by atoms with Crippen LogP contribution in [0.3, 0.4) is 0 Å². The molecule has 0 fully saturated rings. The first-order valence-corrected chi connectivity index (χ1v) is 14.0. The van der Waals surface area contributed by atoms with E-state index >= 15 is 0 Å². The van der Waals surface area contributed by atoms with Crippen LogP contribution in [0.1, 0.15) is 51.7 Å². The maximum atomic E-state index is 14.1. The minimum absolute atomic E-state index is 0.149. The van der Waals surface area contributed by atoms with Crippen LogP contribution in [0.15, 0.2) is 60.8 Å². The van der Waals surface area contributed by atoms with Gasteiger partial charge in [-0.05, 0) is 85.7 Å². The van der Waals surface area contributed by atoms with E-state index in [2.05, 4.69) is 57.4 Å². The molecule has 0 bridgehead atoms. The Bertz CT molecular complexity index is 1470. The number of benzene rings is 2. The Morgan fingerprint density at radius 1 is 1.05 bits per heavy atom. The first-order chi connectivity index (χ1) is 17.9. The van der Waals surface area contributed by atoms with Gasteiger partial charge in [-0.15, -0.1) is 11.3 Å². The average molecular weight is 531 g/mol. The molecule has 190 valence electrons. The summed E-state index contributed by atoms with van der Waals surface area (Å²) in [6.45, 7) is 2.55. The van der Waals surface area contributed by atoms with Gasteiger partial charge in [-0.25, -0.2) is 4.79 Å². The minimum atomic E-state index is -0.241. The smallest absolute Gasteiger partial charge is 0.323 e. The van der Waals surface area contributed by atoms with Gasteiger partial charge in [0.1, 0.15) is 5.00 Å². The molecule has 2 aromatic carbocycles. The Hall–Kier alpha value is -3.22. The first-order valence-electron chi connectivity index (χ1n) is 12.8. The number of halogens is 1. The SMILES string of the molecule is Cc1ccc(NC(=O)N2Cc3c(sc4c3CCCC4)-n3cccc3[C@@H]2c2ccc(N(C)C)cc2)c(Cl)c1. The lowest BCUT2D eigenvalue weighted by Crippen LogP contribution is -2.38. The van der Waals surface area contributed by atoms with E-state index in [1.165, 1.54) is 33.8 Å². The van der Waals surface area contributed by atoms with Crippen LogP contribution in [0.5, 0.6) is 0 Å². The number of hydrogen-bond acceptors (Lipinski definition) is 3. The Morgan fingerprint density at radius 2 is 1.84 bits per heavy atom. The van der Waals surface area contributed by atoms with Crippen LogP contribution in [-0.2, 0) is 19.4 Å². The highest BCUT2D eigenvalue weighted by Crippen LogP contribution is 2.44. The minimum Gasteiger partial charge on any atom is -0.378 e. The van der Waals surface area contributed by atoms with Crippen molar-refractivity contribution in [3.63, 3.8) is 0 Å². The van der Waals surface area contributed by atoms with Gasteiger partial charge in [0.2, 0.25) is 0 Å². The number of aromatic nitrogens is 1. The molecule has 0 unspecified atom stereocenters. The molecule has 0 radical (unpaired) electrons. The normalized spacial score (nSPS) is 16.4. The summed E-state index contributed by atoms with van der Waals surface area (Å²) < 4.78 is 2.31. The number of fused-ring (bicyclic) bond motifs is 5. The zero-order chi connectivity index (χ0) is 25.7. The molecule has 37 heavy (non-hydrogen) atoms. The molecule has 4 aromatic rings. The summed E-state index contributed by atoms with van der Waals surface area (Å²) in [6.07, 6.45) is 6.80. The van der Waals surface area contributed by atoms with Crippen LogP contribution in [0.4, 0.5) is 16.2 Å². The summed E-state index contributed by atoms with van der Waals surface area (Å²) >= 11 is 8.43. The maximum absolute atomic E-state index is 14.1. The summed E-state index contributed by atoms with van der Waals surface area (Å²) in [6, 6.07) is 18.1. The lowest BCUT2D eigenvalue weighted by Gasteiger charge is -2.32. The van der Waals surface area contributed by atoms with Gasteiger partial charge >= 0.3 is 6.03 Å². The monoisotopic (exact) mass is 530 g/mol. The number of rotatable bonds is 3. The van der Waals surface area contributed by atoms with Crippen molar-refractivity contribution in [3.8, 4) is 5.00 Å². The van der Waals surface area contributed by atoms with Crippen molar-refractivity contribution in [2.75, 3.05) is 24.3 Å². The van der Waals surface area contributed by atoms with Gasteiger partial charge in [-0.3, -0.25) is 0 Å². The van der Waals surface area contributed by atoms with Crippen molar-refractivity contribution < 1.29 is 4.79 Å². The van der Waals surface area contributed by atoms with E-state index < -0.39 is 0 Å². The number of aryl methyl sites for hydroxylation is 2. The van der Waals surface area contributed by atoms with E-state index in [9.17, 15) is 4.79 Å². The van der Waals surface area contributed by atoms with Crippen molar-refractivity contribution in [2.24, 2.45) is 0 Å². The van der Waals surface area contributed by atoms with Gasteiger partial charge in [0.05, 0.1) is 29.0 Å². The Labute approximate surface area is 227 Å². The fourth-order valence-corrected chi connectivity index (χ4v) is 7.29. The lowest BCUT2D eigenvalue weighted by molar-refractivity contribution is 0.194. The number of nitrogens with zero attached hydrogens (tertiary/aromatic N) is 3.